The fourth-order valence-electron chi connectivity index (χ4n) is 1.97. The first-order chi connectivity index (χ1) is 8.98. The van der Waals surface area contributed by atoms with Crippen LogP contribution in [0.3, 0.4) is 0 Å². The molecule has 1 amide bonds. The molecule has 3 N–H and O–H groups in total. The van der Waals surface area contributed by atoms with Crippen LogP contribution in [0.15, 0.2) is 0 Å². The van der Waals surface area contributed by atoms with E-state index < -0.39 is 0 Å². The van der Waals surface area contributed by atoms with Crippen LogP contribution in [0.1, 0.15) is 40.0 Å². The molecule has 0 aromatic carbocycles. The molecular formula is C14H29ClN2O3. The Kier molecular flexibility index (Phi) is 9.38. The summed E-state index contributed by atoms with van der Waals surface area (Å²) >= 11 is 0. The van der Waals surface area contributed by atoms with Gasteiger partial charge in [-0.3, -0.25) is 4.79 Å². The predicted molar refractivity (Wildman–Crippen MR) is 82.1 cm³/mol. The van der Waals surface area contributed by atoms with Gasteiger partial charge in [-0.1, -0.05) is 13.8 Å². The molecule has 0 bridgehead atoms. The van der Waals surface area contributed by atoms with Crippen LogP contribution in [0.2, 0.25) is 0 Å². The number of hydrogen-bond donors (Lipinski definition) is 2. The van der Waals surface area contributed by atoms with Crippen molar-refractivity contribution in [2.45, 2.75) is 51.7 Å². The van der Waals surface area contributed by atoms with Crippen LogP contribution in [0, 0.1) is 5.92 Å². The lowest BCUT2D eigenvalue weighted by atomic mass is 9.88. The second kappa shape index (κ2) is 9.55. The second-order valence-corrected chi connectivity index (χ2v) is 5.76. The molecular weight excluding hydrogens is 280 g/mol. The average molecular weight is 309 g/mol. The van der Waals surface area contributed by atoms with Crippen molar-refractivity contribution in [2.24, 2.45) is 11.7 Å². The van der Waals surface area contributed by atoms with Crippen molar-refractivity contribution in [3.05, 3.63) is 0 Å². The molecule has 1 rings (SSSR count). The van der Waals surface area contributed by atoms with E-state index in [1.807, 2.05) is 6.92 Å². The number of halogens is 1. The molecule has 0 aliphatic carbocycles. The minimum atomic E-state index is -0.338. The number of rotatable bonds is 7. The molecule has 0 saturated carbocycles. The Morgan fingerprint density at radius 1 is 1.45 bits per heavy atom. The van der Waals surface area contributed by atoms with Crippen LogP contribution in [0.5, 0.6) is 0 Å². The quantitative estimate of drug-likeness (QED) is 0.747. The molecule has 1 unspecified atom stereocenters. The molecule has 0 radical (unpaired) electrons. The van der Waals surface area contributed by atoms with Crippen molar-refractivity contribution in [2.75, 3.05) is 26.4 Å². The van der Waals surface area contributed by atoms with Crippen molar-refractivity contribution < 1.29 is 14.3 Å². The van der Waals surface area contributed by atoms with Gasteiger partial charge in [0, 0.05) is 26.2 Å². The van der Waals surface area contributed by atoms with Gasteiger partial charge in [0.2, 0.25) is 5.91 Å². The summed E-state index contributed by atoms with van der Waals surface area (Å²) in [5, 5.41) is 3.01. The fourth-order valence-corrected chi connectivity index (χ4v) is 1.97. The highest BCUT2D eigenvalue weighted by molar-refractivity contribution is 5.85. The summed E-state index contributed by atoms with van der Waals surface area (Å²) < 4.78 is 11.0. The van der Waals surface area contributed by atoms with Crippen LogP contribution < -0.4 is 11.1 Å². The van der Waals surface area contributed by atoms with Crippen LogP contribution in [0.4, 0.5) is 0 Å². The van der Waals surface area contributed by atoms with E-state index in [1.165, 1.54) is 0 Å². The highest BCUT2D eigenvalue weighted by Gasteiger charge is 2.28. The van der Waals surface area contributed by atoms with E-state index in [-0.39, 0.29) is 30.0 Å². The monoisotopic (exact) mass is 308 g/mol. The highest BCUT2D eigenvalue weighted by atomic mass is 35.5. The number of carbonyl (C=O) groups excluding carboxylic acids is 1. The standard InChI is InChI=1S/C14H28N2O3.ClH/c1-11(2)14(3,10-15)16-13(17)6-9-19-12-4-7-18-8-5-12;/h11-12H,4-10,15H2,1-3H3,(H,16,17);1H. The van der Waals surface area contributed by atoms with E-state index >= 15 is 0 Å². The van der Waals surface area contributed by atoms with E-state index in [2.05, 4.69) is 19.2 Å². The zero-order valence-corrected chi connectivity index (χ0v) is 13.6. The number of amides is 1. The molecule has 0 aromatic rings. The normalized spacial score (nSPS) is 19.2. The lowest BCUT2D eigenvalue weighted by molar-refractivity contribution is -0.125. The highest BCUT2D eigenvalue weighted by Crippen LogP contribution is 2.15. The summed E-state index contributed by atoms with van der Waals surface area (Å²) in [5.74, 6) is 0.312. The van der Waals surface area contributed by atoms with Crippen molar-refractivity contribution in [3.8, 4) is 0 Å². The van der Waals surface area contributed by atoms with Gasteiger partial charge in [0.15, 0.2) is 0 Å². The summed E-state index contributed by atoms with van der Waals surface area (Å²) in [6.07, 6.45) is 2.48. The van der Waals surface area contributed by atoms with Gasteiger partial charge >= 0.3 is 0 Å². The van der Waals surface area contributed by atoms with Crippen LogP contribution in [-0.2, 0) is 14.3 Å². The number of ether oxygens (including phenoxy) is 2. The third-order valence-corrected chi connectivity index (χ3v) is 3.97. The van der Waals surface area contributed by atoms with Crippen molar-refractivity contribution in [3.63, 3.8) is 0 Å². The van der Waals surface area contributed by atoms with Crippen LogP contribution in [0.25, 0.3) is 0 Å². The third-order valence-electron chi connectivity index (χ3n) is 3.97. The minimum Gasteiger partial charge on any atom is -0.381 e. The molecule has 1 saturated heterocycles. The molecule has 1 atom stereocenters. The summed E-state index contributed by atoms with van der Waals surface area (Å²) in [4.78, 5) is 11.9. The van der Waals surface area contributed by atoms with E-state index in [9.17, 15) is 4.79 Å². The summed E-state index contributed by atoms with van der Waals surface area (Å²) in [5.41, 5.74) is 5.40. The maximum absolute atomic E-state index is 11.9. The lowest BCUT2D eigenvalue weighted by Gasteiger charge is -2.33. The van der Waals surface area contributed by atoms with Crippen LogP contribution in [-0.4, -0.2) is 43.9 Å². The van der Waals surface area contributed by atoms with Crippen molar-refractivity contribution in [1.29, 1.82) is 0 Å². The summed E-state index contributed by atoms with van der Waals surface area (Å²) in [6.45, 7) is 8.53. The number of carbonyl (C=O) groups is 1. The number of nitrogens with two attached hydrogens (primary N) is 1. The van der Waals surface area contributed by atoms with Gasteiger partial charge in [0.05, 0.1) is 18.2 Å². The molecule has 6 heteroatoms. The van der Waals surface area contributed by atoms with Gasteiger partial charge in [0.1, 0.15) is 0 Å². The maximum Gasteiger partial charge on any atom is 0.222 e. The number of nitrogens with one attached hydrogen (secondary N) is 1. The largest absolute Gasteiger partial charge is 0.381 e. The first kappa shape index (κ1) is 19.6. The second-order valence-electron chi connectivity index (χ2n) is 5.76. The molecule has 5 nitrogen and oxygen atoms in total. The SMILES string of the molecule is CC(C)C(C)(CN)NC(=O)CCOC1CCOCC1.Cl. The maximum atomic E-state index is 11.9. The van der Waals surface area contributed by atoms with Gasteiger partial charge in [0.25, 0.3) is 0 Å². The summed E-state index contributed by atoms with van der Waals surface area (Å²) in [6, 6.07) is 0. The zero-order chi connectivity index (χ0) is 14.3. The Morgan fingerprint density at radius 3 is 2.55 bits per heavy atom. The van der Waals surface area contributed by atoms with Gasteiger partial charge in [-0.05, 0) is 25.7 Å². The Labute approximate surface area is 128 Å². The molecule has 1 aliphatic rings. The molecule has 1 aliphatic heterocycles. The lowest BCUT2D eigenvalue weighted by Crippen LogP contribution is -2.55. The molecule has 0 spiro atoms. The van der Waals surface area contributed by atoms with Gasteiger partial charge in [-0.2, -0.15) is 0 Å². The Morgan fingerprint density at radius 2 is 2.05 bits per heavy atom. The first-order valence-electron chi connectivity index (χ1n) is 7.18. The van der Waals surface area contributed by atoms with E-state index in [0.717, 1.165) is 26.1 Å². The topological polar surface area (TPSA) is 73.6 Å². The van der Waals surface area contributed by atoms with E-state index in [0.29, 0.717) is 25.5 Å². The molecule has 20 heavy (non-hydrogen) atoms. The minimum absolute atomic E-state index is 0. The zero-order valence-electron chi connectivity index (χ0n) is 12.8. The smallest absolute Gasteiger partial charge is 0.222 e. The molecule has 1 fully saturated rings. The Balaban J connectivity index is 0.00000361. The molecule has 0 aromatic heterocycles. The number of hydrogen-bond acceptors (Lipinski definition) is 4. The van der Waals surface area contributed by atoms with Crippen molar-refractivity contribution in [1.82, 2.24) is 5.32 Å². The molecule has 120 valence electrons. The molecule has 1 heterocycles. The van der Waals surface area contributed by atoms with Crippen molar-refractivity contribution >= 4 is 18.3 Å². The summed E-state index contributed by atoms with van der Waals surface area (Å²) in [7, 11) is 0. The van der Waals surface area contributed by atoms with Crippen LogP contribution >= 0.6 is 12.4 Å². The van der Waals surface area contributed by atoms with E-state index in [1.54, 1.807) is 0 Å². The predicted octanol–water partition coefficient (Wildman–Crippen LogP) is 1.48. The fraction of sp³-hybridized carbons (Fsp3) is 0.929. The van der Waals surface area contributed by atoms with Gasteiger partial charge in [-0.15, -0.1) is 12.4 Å². The third kappa shape index (κ3) is 6.39. The Bertz CT molecular complexity index is 284. The van der Waals surface area contributed by atoms with E-state index in [4.69, 9.17) is 15.2 Å². The first-order valence-corrected chi connectivity index (χ1v) is 7.18. The van der Waals surface area contributed by atoms with Gasteiger partial charge < -0.3 is 20.5 Å². The van der Waals surface area contributed by atoms with Gasteiger partial charge in [-0.25, -0.2) is 0 Å². The Hall–Kier alpha value is -0.360. The average Bonchev–Trinajstić information content (AvgIpc) is 2.39.